The van der Waals surface area contributed by atoms with E-state index in [1.165, 1.54) is 4.88 Å². The van der Waals surface area contributed by atoms with Crippen LogP contribution in [0.2, 0.25) is 0 Å². The topological polar surface area (TPSA) is 50.7 Å². The predicted octanol–water partition coefficient (Wildman–Crippen LogP) is 2.71. The summed E-state index contributed by atoms with van der Waals surface area (Å²) in [6, 6.07) is 2.03. The smallest absolute Gasteiger partial charge is 0.270 e. The van der Waals surface area contributed by atoms with Crippen LogP contribution in [0.1, 0.15) is 11.8 Å². The van der Waals surface area contributed by atoms with Gasteiger partial charge < -0.3 is 0 Å². The fourth-order valence-corrected chi connectivity index (χ4v) is 4.06. The Hall–Kier alpha value is -0.530. The number of aromatic amines is 1. The highest BCUT2D eigenvalue weighted by atomic mass is 79.9. The molecule has 0 aliphatic heterocycles. The van der Waals surface area contributed by atoms with Gasteiger partial charge in [0.25, 0.3) is 0 Å². The van der Waals surface area contributed by atoms with Gasteiger partial charge in [-0.1, -0.05) is 11.8 Å². The molecule has 2 aromatic heterocycles. The van der Waals surface area contributed by atoms with Crippen LogP contribution in [0.5, 0.6) is 0 Å². The maximum absolute atomic E-state index is 11.3. The van der Waals surface area contributed by atoms with Crippen molar-refractivity contribution in [2.75, 3.05) is 0 Å². The van der Waals surface area contributed by atoms with Crippen molar-refractivity contribution in [2.45, 2.75) is 24.4 Å². The second kappa shape index (κ2) is 5.20. The Morgan fingerprint density at radius 3 is 3.12 bits per heavy atom. The number of hydrogen-bond acceptors (Lipinski definition) is 4. The molecule has 86 valence electrons. The van der Waals surface area contributed by atoms with Crippen LogP contribution in [0.4, 0.5) is 0 Å². The van der Waals surface area contributed by atoms with E-state index in [-0.39, 0.29) is 5.69 Å². The van der Waals surface area contributed by atoms with E-state index < -0.39 is 0 Å². The zero-order chi connectivity index (χ0) is 11.5. The lowest BCUT2D eigenvalue weighted by atomic mass is 10.5. The molecule has 0 saturated heterocycles. The van der Waals surface area contributed by atoms with Crippen LogP contribution in [0, 0.1) is 0 Å². The molecular weight excluding hydrogens is 310 g/mol. The number of thiophene rings is 1. The highest BCUT2D eigenvalue weighted by molar-refractivity contribution is 9.10. The van der Waals surface area contributed by atoms with Gasteiger partial charge in [0.2, 0.25) is 0 Å². The number of nitrogens with one attached hydrogen (secondary N) is 1. The van der Waals surface area contributed by atoms with Crippen LogP contribution in [0.25, 0.3) is 0 Å². The minimum absolute atomic E-state index is 0.143. The highest BCUT2D eigenvalue weighted by Gasteiger charge is 2.09. The second-order valence-corrected chi connectivity index (χ2v) is 5.83. The lowest BCUT2D eigenvalue weighted by Gasteiger charge is -2.00. The molecule has 1 N–H and O–H groups in total. The van der Waals surface area contributed by atoms with Gasteiger partial charge in [0.1, 0.15) is 0 Å². The summed E-state index contributed by atoms with van der Waals surface area (Å²) in [6.45, 7) is 2.57. The van der Waals surface area contributed by atoms with Crippen molar-refractivity contribution in [2.24, 2.45) is 0 Å². The van der Waals surface area contributed by atoms with Crippen LogP contribution in [0.15, 0.2) is 25.9 Å². The van der Waals surface area contributed by atoms with Gasteiger partial charge >= 0.3 is 5.69 Å². The van der Waals surface area contributed by atoms with Crippen LogP contribution in [0.3, 0.4) is 0 Å². The lowest BCUT2D eigenvalue weighted by Crippen LogP contribution is -2.16. The van der Waals surface area contributed by atoms with E-state index in [1.807, 2.05) is 18.4 Å². The second-order valence-electron chi connectivity index (χ2n) is 3.04. The molecule has 0 atom stereocenters. The Morgan fingerprint density at radius 1 is 1.69 bits per heavy atom. The molecule has 0 bridgehead atoms. The first-order valence-corrected chi connectivity index (χ1v) is 7.38. The Kier molecular flexibility index (Phi) is 3.88. The van der Waals surface area contributed by atoms with Gasteiger partial charge in [-0.05, 0) is 34.3 Å². The van der Waals surface area contributed by atoms with Gasteiger partial charge in [0.15, 0.2) is 5.16 Å². The summed E-state index contributed by atoms with van der Waals surface area (Å²) >= 11 is 6.74. The first kappa shape index (κ1) is 11.9. The largest absolute Gasteiger partial charge is 0.343 e. The van der Waals surface area contributed by atoms with Crippen LogP contribution < -0.4 is 5.69 Å². The predicted molar refractivity (Wildman–Crippen MR) is 70.1 cm³/mol. The summed E-state index contributed by atoms with van der Waals surface area (Å²) in [6.07, 6.45) is 0. The number of halogens is 1. The Bertz CT molecular complexity index is 531. The van der Waals surface area contributed by atoms with Crippen LogP contribution in [-0.4, -0.2) is 14.8 Å². The minimum atomic E-state index is -0.143. The molecule has 0 aromatic carbocycles. The molecule has 0 aliphatic rings. The van der Waals surface area contributed by atoms with Crippen molar-refractivity contribution in [1.82, 2.24) is 14.8 Å². The van der Waals surface area contributed by atoms with Crippen molar-refractivity contribution < 1.29 is 0 Å². The van der Waals surface area contributed by atoms with Crippen molar-refractivity contribution in [3.05, 3.63) is 31.3 Å². The average Bonchev–Trinajstić information content (AvgIpc) is 2.82. The van der Waals surface area contributed by atoms with Crippen LogP contribution >= 0.6 is 39.0 Å². The third-order valence-electron chi connectivity index (χ3n) is 2.06. The van der Waals surface area contributed by atoms with Crippen molar-refractivity contribution in [1.29, 1.82) is 0 Å². The zero-order valence-corrected chi connectivity index (χ0v) is 11.8. The molecule has 2 heterocycles. The van der Waals surface area contributed by atoms with E-state index in [2.05, 4.69) is 26.1 Å². The van der Waals surface area contributed by atoms with Crippen LogP contribution in [-0.2, 0) is 12.3 Å². The van der Waals surface area contributed by atoms with Gasteiger partial charge in [-0.3, -0.25) is 4.57 Å². The quantitative estimate of drug-likeness (QED) is 0.881. The monoisotopic (exact) mass is 319 g/mol. The summed E-state index contributed by atoms with van der Waals surface area (Å²) in [7, 11) is 0. The van der Waals surface area contributed by atoms with Crippen molar-refractivity contribution in [3.8, 4) is 0 Å². The summed E-state index contributed by atoms with van der Waals surface area (Å²) in [5.74, 6) is 0.822. The fraction of sp³-hybridized carbons (Fsp3) is 0.333. The first-order chi connectivity index (χ1) is 7.72. The molecule has 2 aromatic rings. The number of aromatic nitrogens is 3. The highest BCUT2D eigenvalue weighted by Crippen LogP contribution is 2.29. The molecule has 7 heteroatoms. The molecular formula is C9H10BrN3OS2. The third-order valence-corrected chi connectivity index (χ3v) is 5.17. The zero-order valence-electron chi connectivity index (χ0n) is 8.57. The van der Waals surface area contributed by atoms with Gasteiger partial charge in [0, 0.05) is 21.6 Å². The molecule has 0 saturated carbocycles. The molecule has 0 unspecified atom stereocenters. The maximum Gasteiger partial charge on any atom is 0.343 e. The molecule has 0 spiro atoms. The van der Waals surface area contributed by atoms with E-state index in [0.29, 0.717) is 6.54 Å². The first-order valence-electron chi connectivity index (χ1n) is 4.72. The average molecular weight is 320 g/mol. The third kappa shape index (κ3) is 2.41. The van der Waals surface area contributed by atoms with E-state index in [9.17, 15) is 4.79 Å². The van der Waals surface area contributed by atoms with E-state index in [1.54, 1.807) is 27.7 Å². The van der Waals surface area contributed by atoms with Gasteiger partial charge in [-0.2, -0.15) is 0 Å². The van der Waals surface area contributed by atoms with Crippen molar-refractivity contribution in [3.63, 3.8) is 0 Å². The molecule has 2 rings (SSSR count). The summed E-state index contributed by atoms with van der Waals surface area (Å²) in [5, 5.41) is 9.24. The standard InChI is InChI=1S/C9H10BrN3OS2/c1-2-13-8(14)11-12-9(13)16-5-7-6(10)3-4-15-7/h3-4H,2,5H2,1H3,(H,11,14). The maximum atomic E-state index is 11.3. The molecule has 4 nitrogen and oxygen atoms in total. The molecule has 0 radical (unpaired) electrons. The minimum Gasteiger partial charge on any atom is -0.270 e. The fourth-order valence-electron chi connectivity index (χ4n) is 1.25. The molecule has 16 heavy (non-hydrogen) atoms. The number of H-pyrrole nitrogens is 1. The molecule has 0 amide bonds. The van der Waals surface area contributed by atoms with Gasteiger partial charge in [-0.15, -0.1) is 16.4 Å². The normalized spacial score (nSPS) is 10.9. The lowest BCUT2D eigenvalue weighted by molar-refractivity contribution is 0.660. The van der Waals surface area contributed by atoms with E-state index in [4.69, 9.17) is 0 Å². The Balaban J connectivity index is 2.10. The molecule has 0 aliphatic carbocycles. The SMILES string of the molecule is CCn1c(SCc2sccc2Br)n[nH]c1=O. The van der Waals surface area contributed by atoms with Gasteiger partial charge in [0.05, 0.1) is 0 Å². The summed E-state index contributed by atoms with van der Waals surface area (Å²) in [4.78, 5) is 12.6. The van der Waals surface area contributed by atoms with Crippen molar-refractivity contribution >= 4 is 39.0 Å². The van der Waals surface area contributed by atoms with E-state index >= 15 is 0 Å². The summed E-state index contributed by atoms with van der Waals surface area (Å²) in [5.41, 5.74) is -0.143. The number of hydrogen-bond donors (Lipinski definition) is 1. The number of thioether (sulfide) groups is 1. The Labute approximate surface area is 109 Å². The molecule has 0 fully saturated rings. The Morgan fingerprint density at radius 2 is 2.50 bits per heavy atom. The number of nitrogens with zero attached hydrogens (tertiary/aromatic N) is 2. The van der Waals surface area contributed by atoms with Gasteiger partial charge in [-0.25, -0.2) is 9.89 Å². The number of rotatable bonds is 4. The van der Waals surface area contributed by atoms with E-state index in [0.717, 1.165) is 15.4 Å². The summed E-state index contributed by atoms with van der Waals surface area (Å²) < 4.78 is 2.75.